The Bertz CT molecular complexity index is 961. The number of aromatic nitrogens is 2. The number of ether oxygens (including phenoxy) is 1. The Kier molecular flexibility index (Phi) is 6.06. The molecule has 0 saturated carbocycles. The summed E-state index contributed by atoms with van der Waals surface area (Å²) in [5, 5.41) is 11.0. The zero-order valence-electron chi connectivity index (χ0n) is 16.1. The zero-order valence-corrected chi connectivity index (χ0v) is 16.1. The van der Waals surface area contributed by atoms with Crippen molar-refractivity contribution in [3.8, 4) is 17.0 Å². The van der Waals surface area contributed by atoms with E-state index < -0.39 is 0 Å². The Morgan fingerprint density at radius 3 is 2.68 bits per heavy atom. The molecule has 1 amide bonds. The minimum Gasteiger partial charge on any atom is -0.493 e. The maximum atomic E-state index is 12.3. The van der Waals surface area contributed by atoms with E-state index in [1.54, 1.807) is 12.3 Å². The van der Waals surface area contributed by atoms with Crippen LogP contribution in [0.3, 0.4) is 0 Å². The maximum Gasteiger partial charge on any atom is 0.289 e. The van der Waals surface area contributed by atoms with Crippen molar-refractivity contribution >= 4 is 17.8 Å². The van der Waals surface area contributed by atoms with Crippen molar-refractivity contribution in [3.63, 3.8) is 0 Å². The molecule has 2 aromatic carbocycles. The Morgan fingerprint density at radius 1 is 1.21 bits per heavy atom. The topological polar surface area (TPSA) is 82.6 Å². The van der Waals surface area contributed by atoms with Crippen LogP contribution in [0.15, 0.2) is 59.7 Å². The van der Waals surface area contributed by atoms with Crippen molar-refractivity contribution in [1.82, 2.24) is 15.6 Å². The lowest BCUT2D eigenvalue weighted by molar-refractivity contribution is 0.0950. The van der Waals surface area contributed by atoms with Gasteiger partial charge in [-0.1, -0.05) is 24.3 Å². The predicted molar refractivity (Wildman–Crippen MR) is 111 cm³/mol. The predicted octanol–water partition coefficient (Wildman–Crippen LogP) is 3.31. The number of hydrogen-bond donors (Lipinski definition) is 2. The standard InChI is InChI=1S/C21H23N5O2/c1-4-28-20-8-6-5-7-17(20)18-13-19(24-23-18)21(27)25-22-14-15-9-11-16(12-10-15)26(2)3/h5-14H,4H2,1-3H3,(H,23,24)(H,25,27)/b22-14+. The van der Waals surface area contributed by atoms with Gasteiger partial charge in [0, 0.05) is 25.3 Å². The number of benzene rings is 2. The van der Waals surface area contributed by atoms with Gasteiger partial charge in [-0.25, -0.2) is 5.43 Å². The summed E-state index contributed by atoms with van der Waals surface area (Å²) in [6.07, 6.45) is 1.60. The molecule has 28 heavy (non-hydrogen) atoms. The van der Waals surface area contributed by atoms with Gasteiger partial charge in [-0.15, -0.1) is 0 Å². The second-order valence-corrected chi connectivity index (χ2v) is 6.28. The van der Waals surface area contributed by atoms with E-state index in [-0.39, 0.29) is 5.91 Å². The summed E-state index contributed by atoms with van der Waals surface area (Å²) < 4.78 is 5.62. The van der Waals surface area contributed by atoms with Crippen LogP contribution in [0.5, 0.6) is 5.75 Å². The summed E-state index contributed by atoms with van der Waals surface area (Å²) in [6, 6.07) is 17.1. The SMILES string of the molecule is CCOc1ccccc1-c1cc(C(=O)N/N=C/c2ccc(N(C)C)cc2)[nH]n1. The summed E-state index contributed by atoms with van der Waals surface area (Å²) in [6.45, 7) is 2.48. The lowest BCUT2D eigenvalue weighted by atomic mass is 10.1. The van der Waals surface area contributed by atoms with Crippen LogP contribution in [0, 0.1) is 0 Å². The van der Waals surface area contributed by atoms with E-state index in [0.717, 1.165) is 22.6 Å². The quantitative estimate of drug-likeness (QED) is 0.489. The number of para-hydroxylation sites is 1. The molecule has 0 bridgehead atoms. The molecular weight excluding hydrogens is 354 g/mol. The van der Waals surface area contributed by atoms with Crippen molar-refractivity contribution in [2.24, 2.45) is 5.10 Å². The van der Waals surface area contributed by atoms with Gasteiger partial charge in [0.15, 0.2) is 0 Å². The van der Waals surface area contributed by atoms with Crippen LogP contribution in [-0.4, -0.2) is 43.0 Å². The molecule has 7 heteroatoms. The van der Waals surface area contributed by atoms with Crippen LogP contribution in [-0.2, 0) is 0 Å². The number of rotatable bonds is 7. The monoisotopic (exact) mass is 377 g/mol. The van der Waals surface area contributed by atoms with Crippen molar-refractivity contribution in [1.29, 1.82) is 0 Å². The summed E-state index contributed by atoms with van der Waals surface area (Å²) in [5.74, 6) is 0.358. The normalized spacial score (nSPS) is 10.8. The third kappa shape index (κ3) is 4.56. The molecule has 0 atom stereocenters. The molecule has 0 unspecified atom stereocenters. The van der Waals surface area contributed by atoms with Crippen LogP contribution in [0.2, 0.25) is 0 Å². The number of nitrogens with one attached hydrogen (secondary N) is 2. The van der Waals surface area contributed by atoms with E-state index in [1.807, 2.05) is 74.4 Å². The van der Waals surface area contributed by atoms with Crippen LogP contribution in [0.1, 0.15) is 23.0 Å². The highest BCUT2D eigenvalue weighted by molar-refractivity contribution is 5.94. The van der Waals surface area contributed by atoms with Crippen LogP contribution >= 0.6 is 0 Å². The first-order valence-electron chi connectivity index (χ1n) is 8.97. The molecule has 0 radical (unpaired) electrons. The van der Waals surface area contributed by atoms with E-state index in [4.69, 9.17) is 4.74 Å². The molecule has 3 rings (SSSR count). The Morgan fingerprint density at radius 2 is 1.96 bits per heavy atom. The molecular formula is C21H23N5O2. The summed E-state index contributed by atoms with van der Waals surface area (Å²) in [5.41, 5.74) is 6.27. The maximum absolute atomic E-state index is 12.3. The molecule has 0 saturated heterocycles. The number of nitrogens with zero attached hydrogens (tertiary/aromatic N) is 3. The lowest BCUT2D eigenvalue weighted by Crippen LogP contribution is -2.18. The van der Waals surface area contributed by atoms with E-state index in [2.05, 4.69) is 20.7 Å². The van der Waals surface area contributed by atoms with Gasteiger partial charge in [0.2, 0.25) is 0 Å². The average Bonchev–Trinajstić information content (AvgIpc) is 3.19. The number of hydrazone groups is 1. The number of hydrogen-bond acceptors (Lipinski definition) is 5. The summed E-state index contributed by atoms with van der Waals surface area (Å²) >= 11 is 0. The van der Waals surface area contributed by atoms with Crippen LogP contribution < -0.4 is 15.1 Å². The second-order valence-electron chi connectivity index (χ2n) is 6.28. The summed E-state index contributed by atoms with van der Waals surface area (Å²) in [7, 11) is 3.96. The van der Waals surface area contributed by atoms with E-state index in [1.165, 1.54) is 0 Å². The molecule has 0 fully saturated rings. The first kappa shape index (κ1) is 19.2. The molecule has 144 valence electrons. The lowest BCUT2D eigenvalue weighted by Gasteiger charge is -2.11. The van der Waals surface area contributed by atoms with Crippen LogP contribution in [0.25, 0.3) is 11.3 Å². The number of anilines is 1. The number of amides is 1. The van der Waals surface area contributed by atoms with E-state index >= 15 is 0 Å². The smallest absolute Gasteiger partial charge is 0.289 e. The summed E-state index contributed by atoms with van der Waals surface area (Å²) in [4.78, 5) is 14.3. The van der Waals surface area contributed by atoms with Gasteiger partial charge in [0.25, 0.3) is 5.91 Å². The Hall–Kier alpha value is -3.61. The molecule has 1 heterocycles. The fourth-order valence-electron chi connectivity index (χ4n) is 2.62. The van der Waals surface area contributed by atoms with Crippen molar-refractivity contribution in [2.75, 3.05) is 25.6 Å². The Balaban J connectivity index is 1.66. The Labute approximate surface area is 164 Å². The average molecular weight is 377 g/mol. The molecule has 7 nitrogen and oxygen atoms in total. The third-order valence-electron chi connectivity index (χ3n) is 4.07. The number of H-pyrrole nitrogens is 1. The zero-order chi connectivity index (χ0) is 19.9. The largest absolute Gasteiger partial charge is 0.493 e. The highest BCUT2D eigenvalue weighted by atomic mass is 16.5. The minimum atomic E-state index is -0.367. The number of carbonyl (C=O) groups is 1. The molecule has 3 aromatic rings. The number of carbonyl (C=O) groups excluding carboxylic acids is 1. The van der Waals surface area contributed by atoms with Crippen LogP contribution in [0.4, 0.5) is 5.69 Å². The van der Waals surface area contributed by atoms with Gasteiger partial charge in [-0.3, -0.25) is 9.89 Å². The van der Waals surface area contributed by atoms with Gasteiger partial charge in [-0.2, -0.15) is 10.2 Å². The molecule has 0 aliphatic heterocycles. The number of aromatic amines is 1. The van der Waals surface area contributed by atoms with Crippen molar-refractivity contribution in [2.45, 2.75) is 6.92 Å². The van der Waals surface area contributed by atoms with Gasteiger partial charge < -0.3 is 9.64 Å². The van der Waals surface area contributed by atoms with Gasteiger partial charge in [0.1, 0.15) is 11.4 Å². The highest BCUT2D eigenvalue weighted by Gasteiger charge is 2.13. The molecule has 0 aliphatic carbocycles. The molecule has 0 aliphatic rings. The van der Waals surface area contributed by atoms with E-state index in [0.29, 0.717) is 18.0 Å². The van der Waals surface area contributed by atoms with Gasteiger partial charge >= 0.3 is 0 Å². The third-order valence-corrected chi connectivity index (χ3v) is 4.07. The second kappa shape index (κ2) is 8.85. The molecule has 0 spiro atoms. The van der Waals surface area contributed by atoms with Gasteiger partial charge in [0.05, 0.1) is 18.5 Å². The van der Waals surface area contributed by atoms with Crippen molar-refractivity contribution < 1.29 is 9.53 Å². The highest BCUT2D eigenvalue weighted by Crippen LogP contribution is 2.28. The first-order chi connectivity index (χ1) is 13.6. The fraction of sp³-hybridized carbons (Fsp3) is 0.190. The van der Waals surface area contributed by atoms with E-state index in [9.17, 15) is 4.79 Å². The molecule has 2 N–H and O–H groups in total. The van der Waals surface area contributed by atoms with Gasteiger partial charge in [-0.05, 0) is 42.8 Å². The fourth-order valence-corrected chi connectivity index (χ4v) is 2.62. The van der Waals surface area contributed by atoms with Crippen molar-refractivity contribution in [3.05, 3.63) is 65.9 Å². The molecule has 1 aromatic heterocycles. The minimum absolute atomic E-state index is 0.321. The first-order valence-corrected chi connectivity index (χ1v) is 8.97.